The van der Waals surface area contributed by atoms with Crippen molar-refractivity contribution in [3.8, 4) is 0 Å². The van der Waals surface area contributed by atoms with Gasteiger partial charge in [-0.2, -0.15) is 0 Å². The molecule has 132 valence electrons. The predicted octanol–water partition coefficient (Wildman–Crippen LogP) is 4.69. The summed E-state index contributed by atoms with van der Waals surface area (Å²) in [6.45, 7) is 2.24. The van der Waals surface area contributed by atoms with Crippen molar-refractivity contribution in [2.24, 2.45) is 0 Å². The van der Waals surface area contributed by atoms with Crippen LogP contribution in [0.2, 0.25) is 0 Å². The van der Waals surface area contributed by atoms with Crippen LogP contribution in [0.3, 0.4) is 0 Å². The minimum Gasteiger partial charge on any atom is -0.481 e. The molecule has 0 aromatic heterocycles. The van der Waals surface area contributed by atoms with Gasteiger partial charge in [0.1, 0.15) is 0 Å². The van der Waals surface area contributed by atoms with Crippen LogP contribution in [-0.4, -0.2) is 17.1 Å². The number of hydrogen-bond acceptors (Lipinski definition) is 2. The molecule has 2 aromatic rings. The van der Waals surface area contributed by atoms with E-state index in [1.54, 1.807) is 0 Å². The molecular weight excluding hydrogens is 310 g/mol. The van der Waals surface area contributed by atoms with Gasteiger partial charge in [-0.15, -0.1) is 0 Å². The molecule has 1 aliphatic carbocycles. The smallest absolute Gasteiger partial charge is 0.303 e. The van der Waals surface area contributed by atoms with Gasteiger partial charge in [0.15, 0.2) is 0 Å². The predicted molar refractivity (Wildman–Crippen MR) is 101 cm³/mol. The van der Waals surface area contributed by atoms with E-state index in [4.69, 9.17) is 5.11 Å². The topological polar surface area (TPSA) is 49.3 Å². The normalized spacial score (nSPS) is 21.2. The van der Waals surface area contributed by atoms with Gasteiger partial charge >= 0.3 is 5.97 Å². The second-order valence-corrected chi connectivity index (χ2v) is 7.14. The average Bonchev–Trinajstić information content (AvgIpc) is 3.09. The molecule has 0 amide bonds. The lowest BCUT2D eigenvalue weighted by atomic mass is 9.95. The van der Waals surface area contributed by atoms with Gasteiger partial charge in [-0.3, -0.25) is 4.79 Å². The maximum absolute atomic E-state index is 10.7. The van der Waals surface area contributed by atoms with E-state index in [0.29, 0.717) is 24.4 Å². The summed E-state index contributed by atoms with van der Waals surface area (Å²) in [6.07, 6.45) is 4.41. The molecule has 0 spiro atoms. The minimum atomic E-state index is -0.735. The number of carboxylic acid groups (broad SMARTS) is 1. The molecule has 0 heterocycles. The van der Waals surface area contributed by atoms with Crippen molar-refractivity contribution in [1.29, 1.82) is 0 Å². The molecule has 25 heavy (non-hydrogen) atoms. The Morgan fingerprint density at radius 1 is 1.12 bits per heavy atom. The first-order chi connectivity index (χ1) is 12.1. The summed E-state index contributed by atoms with van der Waals surface area (Å²) in [4.78, 5) is 10.7. The van der Waals surface area contributed by atoms with E-state index < -0.39 is 5.97 Å². The van der Waals surface area contributed by atoms with Gasteiger partial charge < -0.3 is 10.4 Å². The van der Waals surface area contributed by atoms with Gasteiger partial charge in [-0.05, 0) is 55.2 Å². The van der Waals surface area contributed by atoms with Crippen LogP contribution in [0.25, 0.3) is 0 Å². The largest absolute Gasteiger partial charge is 0.481 e. The van der Waals surface area contributed by atoms with E-state index in [0.717, 1.165) is 5.56 Å². The number of aryl methyl sites for hydroxylation is 1. The van der Waals surface area contributed by atoms with Gasteiger partial charge in [-0.1, -0.05) is 54.6 Å². The third kappa shape index (κ3) is 4.93. The fraction of sp³-hybridized carbons (Fsp3) is 0.409. The van der Waals surface area contributed by atoms with E-state index in [9.17, 15) is 4.79 Å². The summed E-state index contributed by atoms with van der Waals surface area (Å²) in [5.74, 6) is -0.129. The summed E-state index contributed by atoms with van der Waals surface area (Å²) in [7, 11) is 0. The van der Waals surface area contributed by atoms with Gasteiger partial charge in [0, 0.05) is 18.5 Å². The van der Waals surface area contributed by atoms with Gasteiger partial charge in [-0.25, -0.2) is 0 Å². The Morgan fingerprint density at radius 3 is 2.52 bits per heavy atom. The lowest BCUT2D eigenvalue weighted by Crippen LogP contribution is -2.29. The van der Waals surface area contributed by atoms with E-state index in [1.807, 2.05) is 0 Å². The fourth-order valence-electron chi connectivity index (χ4n) is 3.83. The number of aliphatic carboxylic acids is 1. The Morgan fingerprint density at radius 2 is 1.84 bits per heavy atom. The monoisotopic (exact) mass is 337 g/mol. The molecule has 2 N–H and O–H groups in total. The van der Waals surface area contributed by atoms with Crippen molar-refractivity contribution in [3.05, 3.63) is 71.3 Å². The molecule has 1 aliphatic rings. The van der Waals surface area contributed by atoms with Crippen LogP contribution < -0.4 is 5.32 Å². The maximum atomic E-state index is 10.7. The first-order valence-electron chi connectivity index (χ1n) is 9.23. The van der Waals surface area contributed by atoms with Gasteiger partial charge in [0.2, 0.25) is 0 Å². The Kier molecular flexibility index (Phi) is 5.87. The summed E-state index contributed by atoms with van der Waals surface area (Å²) in [5, 5.41) is 12.6. The third-order valence-corrected chi connectivity index (χ3v) is 5.30. The molecule has 0 saturated heterocycles. The second kappa shape index (κ2) is 8.30. The van der Waals surface area contributed by atoms with Crippen LogP contribution in [0.4, 0.5) is 0 Å². The highest BCUT2D eigenvalue weighted by molar-refractivity contribution is 5.67. The summed E-state index contributed by atoms with van der Waals surface area (Å²) in [5.41, 5.74) is 3.83. The molecule has 3 atom stereocenters. The minimum absolute atomic E-state index is 0.201. The molecule has 3 rings (SSSR count). The number of carboxylic acids is 1. The van der Waals surface area contributed by atoms with Crippen LogP contribution in [0.1, 0.15) is 61.3 Å². The zero-order valence-corrected chi connectivity index (χ0v) is 14.8. The highest BCUT2D eigenvalue weighted by Gasteiger charge is 2.26. The van der Waals surface area contributed by atoms with Crippen LogP contribution in [0.5, 0.6) is 0 Å². The lowest BCUT2D eigenvalue weighted by Gasteiger charge is -2.20. The van der Waals surface area contributed by atoms with Gasteiger partial charge in [0.05, 0.1) is 0 Å². The van der Waals surface area contributed by atoms with Gasteiger partial charge in [0.25, 0.3) is 0 Å². The molecule has 1 saturated carbocycles. The summed E-state index contributed by atoms with van der Waals surface area (Å²) in [6, 6.07) is 20.1. The molecular formula is C22H27NO2. The SMILES string of the molecule is CC(NC1CCC(c2ccc(CCC(=O)O)cc2)C1)c1ccccc1. The van der Waals surface area contributed by atoms with E-state index >= 15 is 0 Å². The molecule has 3 unspecified atom stereocenters. The molecule has 1 fully saturated rings. The first kappa shape index (κ1) is 17.7. The zero-order chi connectivity index (χ0) is 17.6. The molecule has 2 aromatic carbocycles. The van der Waals surface area contributed by atoms with E-state index in [-0.39, 0.29) is 6.42 Å². The van der Waals surface area contributed by atoms with E-state index in [2.05, 4.69) is 66.8 Å². The van der Waals surface area contributed by atoms with Crippen molar-refractivity contribution < 1.29 is 9.90 Å². The lowest BCUT2D eigenvalue weighted by molar-refractivity contribution is -0.136. The number of benzene rings is 2. The number of hydrogen-bond donors (Lipinski definition) is 2. The van der Waals surface area contributed by atoms with Crippen LogP contribution in [-0.2, 0) is 11.2 Å². The Bertz CT molecular complexity index is 681. The van der Waals surface area contributed by atoms with Crippen molar-refractivity contribution in [2.75, 3.05) is 0 Å². The summed E-state index contributed by atoms with van der Waals surface area (Å²) >= 11 is 0. The number of rotatable bonds is 7. The van der Waals surface area contributed by atoms with Crippen molar-refractivity contribution >= 4 is 5.97 Å². The Balaban J connectivity index is 1.53. The molecule has 0 bridgehead atoms. The van der Waals surface area contributed by atoms with Crippen molar-refractivity contribution in [3.63, 3.8) is 0 Å². The highest BCUT2D eigenvalue weighted by atomic mass is 16.4. The second-order valence-electron chi connectivity index (χ2n) is 7.14. The molecule has 3 heteroatoms. The van der Waals surface area contributed by atoms with E-state index in [1.165, 1.54) is 30.4 Å². The maximum Gasteiger partial charge on any atom is 0.303 e. The summed E-state index contributed by atoms with van der Waals surface area (Å²) < 4.78 is 0. The van der Waals surface area contributed by atoms with Crippen LogP contribution in [0.15, 0.2) is 54.6 Å². The number of nitrogens with one attached hydrogen (secondary N) is 1. The van der Waals surface area contributed by atoms with Crippen molar-refractivity contribution in [2.45, 2.75) is 57.0 Å². The van der Waals surface area contributed by atoms with Crippen molar-refractivity contribution in [1.82, 2.24) is 5.32 Å². The Hall–Kier alpha value is -2.13. The first-order valence-corrected chi connectivity index (χ1v) is 9.23. The third-order valence-electron chi connectivity index (χ3n) is 5.30. The fourth-order valence-corrected chi connectivity index (χ4v) is 3.83. The zero-order valence-electron chi connectivity index (χ0n) is 14.8. The average molecular weight is 337 g/mol. The highest BCUT2D eigenvalue weighted by Crippen LogP contribution is 2.35. The molecule has 3 nitrogen and oxygen atoms in total. The molecule has 0 aliphatic heterocycles. The molecule has 0 radical (unpaired) electrons. The quantitative estimate of drug-likeness (QED) is 0.770. The number of carbonyl (C=O) groups is 1. The van der Waals surface area contributed by atoms with Crippen LogP contribution in [0, 0.1) is 0 Å². The van der Waals surface area contributed by atoms with Crippen LogP contribution >= 0.6 is 0 Å². The standard InChI is InChI=1S/C22H27NO2/c1-16(18-5-3-2-4-6-18)23-21-13-12-20(15-21)19-10-7-17(8-11-19)9-14-22(24)25/h2-8,10-11,16,20-21,23H,9,12-15H2,1H3,(H,24,25). The Labute approximate surface area is 150 Å².